The summed E-state index contributed by atoms with van der Waals surface area (Å²) in [5, 5.41) is 18.5. The standard InChI is InChI=1S/C8H10ClFN2O2/c9-5-1-4(3-12-8(5)10)7(14)6(13)2-11/h1,3,6-7,13-14H,2,11H2. The van der Waals surface area contributed by atoms with Crippen molar-refractivity contribution in [2.24, 2.45) is 5.73 Å². The van der Waals surface area contributed by atoms with Crippen molar-refractivity contribution in [3.63, 3.8) is 0 Å². The highest BCUT2D eigenvalue weighted by molar-refractivity contribution is 6.30. The van der Waals surface area contributed by atoms with Crippen molar-refractivity contribution in [1.29, 1.82) is 0 Å². The van der Waals surface area contributed by atoms with E-state index in [1.165, 1.54) is 6.07 Å². The van der Waals surface area contributed by atoms with E-state index in [0.717, 1.165) is 6.20 Å². The van der Waals surface area contributed by atoms with Gasteiger partial charge in [-0.1, -0.05) is 11.6 Å². The lowest BCUT2D eigenvalue weighted by Crippen LogP contribution is -2.27. The number of aliphatic hydroxyl groups excluding tert-OH is 2. The van der Waals surface area contributed by atoms with Crippen LogP contribution in [0.4, 0.5) is 4.39 Å². The number of aliphatic hydroxyl groups is 2. The third-order valence-electron chi connectivity index (χ3n) is 1.76. The summed E-state index contributed by atoms with van der Waals surface area (Å²) in [6.45, 7) is -0.101. The zero-order valence-electron chi connectivity index (χ0n) is 7.19. The van der Waals surface area contributed by atoms with Gasteiger partial charge in [0.15, 0.2) is 0 Å². The lowest BCUT2D eigenvalue weighted by atomic mass is 10.1. The minimum absolute atomic E-state index is 0.101. The predicted octanol–water partition coefficient (Wildman–Crippen LogP) is 0.227. The van der Waals surface area contributed by atoms with Crippen LogP contribution in [0, 0.1) is 5.95 Å². The van der Waals surface area contributed by atoms with Gasteiger partial charge in [-0.05, 0) is 6.07 Å². The van der Waals surface area contributed by atoms with Crippen LogP contribution >= 0.6 is 11.6 Å². The molecular formula is C8H10ClFN2O2. The van der Waals surface area contributed by atoms with Crippen LogP contribution in [0.5, 0.6) is 0 Å². The second-order valence-electron chi connectivity index (χ2n) is 2.79. The summed E-state index contributed by atoms with van der Waals surface area (Å²) in [5.41, 5.74) is 5.37. The van der Waals surface area contributed by atoms with E-state index in [2.05, 4.69) is 4.98 Å². The maximum Gasteiger partial charge on any atom is 0.231 e. The Labute approximate surface area is 85.1 Å². The van der Waals surface area contributed by atoms with Crippen LogP contribution < -0.4 is 5.73 Å². The van der Waals surface area contributed by atoms with Crippen molar-refractivity contribution in [3.8, 4) is 0 Å². The largest absolute Gasteiger partial charge is 0.389 e. The smallest absolute Gasteiger partial charge is 0.231 e. The Morgan fingerprint density at radius 2 is 2.21 bits per heavy atom. The van der Waals surface area contributed by atoms with Gasteiger partial charge in [-0.25, -0.2) is 4.98 Å². The molecular weight excluding hydrogens is 211 g/mol. The normalized spacial score (nSPS) is 15.2. The number of pyridine rings is 1. The van der Waals surface area contributed by atoms with Gasteiger partial charge in [0.2, 0.25) is 5.95 Å². The number of aromatic nitrogens is 1. The Kier molecular flexibility index (Phi) is 3.77. The first kappa shape index (κ1) is 11.3. The summed E-state index contributed by atoms with van der Waals surface area (Å²) >= 11 is 5.44. The molecule has 1 aromatic rings. The summed E-state index contributed by atoms with van der Waals surface area (Å²) in [4.78, 5) is 3.31. The van der Waals surface area contributed by atoms with Gasteiger partial charge >= 0.3 is 0 Å². The summed E-state index contributed by atoms with van der Waals surface area (Å²) in [7, 11) is 0. The molecule has 0 spiro atoms. The molecule has 0 fully saturated rings. The van der Waals surface area contributed by atoms with E-state index in [-0.39, 0.29) is 17.1 Å². The molecule has 1 aromatic heterocycles. The lowest BCUT2D eigenvalue weighted by molar-refractivity contribution is 0.0241. The minimum atomic E-state index is -1.20. The van der Waals surface area contributed by atoms with E-state index < -0.39 is 18.2 Å². The molecule has 6 heteroatoms. The number of nitrogens with zero attached hydrogens (tertiary/aromatic N) is 1. The molecule has 2 atom stereocenters. The van der Waals surface area contributed by atoms with Crippen molar-refractivity contribution in [2.75, 3.05) is 6.54 Å². The molecule has 0 radical (unpaired) electrons. The van der Waals surface area contributed by atoms with Gasteiger partial charge in [-0.3, -0.25) is 0 Å². The van der Waals surface area contributed by atoms with Gasteiger partial charge in [0.1, 0.15) is 6.10 Å². The summed E-state index contributed by atoms with van der Waals surface area (Å²) < 4.78 is 12.6. The van der Waals surface area contributed by atoms with Gasteiger partial charge in [-0.2, -0.15) is 4.39 Å². The van der Waals surface area contributed by atoms with Gasteiger partial charge in [0.05, 0.1) is 11.1 Å². The van der Waals surface area contributed by atoms with Crippen LogP contribution in [0.15, 0.2) is 12.3 Å². The quantitative estimate of drug-likeness (QED) is 0.637. The Morgan fingerprint density at radius 1 is 1.57 bits per heavy atom. The molecule has 1 heterocycles. The van der Waals surface area contributed by atoms with Crippen LogP contribution in [0.2, 0.25) is 5.02 Å². The fourth-order valence-electron chi connectivity index (χ4n) is 0.949. The van der Waals surface area contributed by atoms with Crippen molar-refractivity contribution in [1.82, 2.24) is 4.98 Å². The zero-order valence-corrected chi connectivity index (χ0v) is 7.95. The van der Waals surface area contributed by atoms with Crippen LogP contribution in [-0.4, -0.2) is 27.8 Å². The fraction of sp³-hybridized carbons (Fsp3) is 0.375. The minimum Gasteiger partial charge on any atom is -0.389 e. The third kappa shape index (κ3) is 2.39. The van der Waals surface area contributed by atoms with E-state index in [0.29, 0.717) is 0 Å². The Hall–Kier alpha value is -0.750. The summed E-state index contributed by atoms with van der Waals surface area (Å²) in [5.74, 6) is -0.815. The van der Waals surface area contributed by atoms with Crippen molar-refractivity contribution in [2.45, 2.75) is 12.2 Å². The van der Waals surface area contributed by atoms with E-state index >= 15 is 0 Å². The van der Waals surface area contributed by atoms with Crippen LogP contribution in [0.1, 0.15) is 11.7 Å². The van der Waals surface area contributed by atoms with Crippen molar-refractivity contribution >= 4 is 11.6 Å². The first-order chi connectivity index (χ1) is 6.56. The maximum atomic E-state index is 12.6. The van der Waals surface area contributed by atoms with Crippen LogP contribution in [0.3, 0.4) is 0 Å². The highest BCUT2D eigenvalue weighted by Crippen LogP contribution is 2.20. The first-order valence-electron chi connectivity index (χ1n) is 3.93. The molecule has 0 aliphatic heterocycles. The van der Waals surface area contributed by atoms with Crippen LogP contribution in [-0.2, 0) is 0 Å². The first-order valence-corrected chi connectivity index (χ1v) is 4.31. The number of rotatable bonds is 3. The van der Waals surface area contributed by atoms with Crippen LogP contribution in [0.25, 0.3) is 0 Å². The molecule has 78 valence electrons. The second kappa shape index (κ2) is 4.65. The fourth-order valence-corrected chi connectivity index (χ4v) is 1.12. The molecule has 14 heavy (non-hydrogen) atoms. The number of hydrogen-bond donors (Lipinski definition) is 3. The molecule has 4 nitrogen and oxygen atoms in total. The molecule has 4 N–H and O–H groups in total. The zero-order chi connectivity index (χ0) is 10.7. The Morgan fingerprint density at radius 3 is 2.71 bits per heavy atom. The number of hydrogen-bond acceptors (Lipinski definition) is 4. The average molecular weight is 221 g/mol. The molecule has 0 aliphatic rings. The van der Waals surface area contributed by atoms with Gasteiger partial charge in [-0.15, -0.1) is 0 Å². The molecule has 0 bridgehead atoms. The Bertz CT molecular complexity index is 324. The SMILES string of the molecule is NCC(O)C(O)c1cnc(F)c(Cl)c1. The highest BCUT2D eigenvalue weighted by Gasteiger charge is 2.18. The molecule has 0 aliphatic carbocycles. The summed E-state index contributed by atoms with van der Waals surface area (Å²) in [6, 6.07) is 1.20. The number of nitrogens with two attached hydrogens (primary N) is 1. The molecule has 0 saturated carbocycles. The van der Waals surface area contributed by atoms with Crippen molar-refractivity contribution in [3.05, 3.63) is 28.8 Å². The maximum absolute atomic E-state index is 12.6. The van der Waals surface area contributed by atoms with E-state index in [9.17, 15) is 14.6 Å². The topological polar surface area (TPSA) is 79.4 Å². The molecule has 2 unspecified atom stereocenters. The van der Waals surface area contributed by atoms with Crippen molar-refractivity contribution < 1.29 is 14.6 Å². The van der Waals surface area contributed by atoms with Gasteiger partial charge in [0.25, 0.3) is 0 Å². The third-order valence-corrected chi connectivity index (χ3v) is 2.03. The monoisotopic (exact) mass is 220 g/mol. The van der Waals surface area contributed by atoms with Gasteiger partial charge < -0.3 is 15.9 Å². The average Bonchev–Trinajstić information content (AvgIpc) is 2.20. The Balaban J connectivity index is 2.91. The molecule has 0 saturated heterocycles. The van der Waals surface area contributed by atoms with E-state index in [1.54, 1.807) is 0 Å². The summed E-state index contributed by atoms with van der Waals surface area (Å²) in [6.07, 6.45) is -1.21. The predicted molar refractivity (Wildman–Crippen MR) is 49.2 cm³/mol. The molecule has 0 amide bonds. The highest BCUT2D eigenvalue weighted by atomic mass is 35.5. The van der Waals surface area contributed by atoms with E-state index in [1.807, 2.05) is 0 Å². The molecule has 0 aromatic carbocycles. The van der Waals surface area contributed by atoms with E-state index in [4.69, 9.17) is 17.3 Å². The molecule has 1 rings (SSSR count). The number of halogens is 2. The van der Waals surface area contributed by atoms with Gasteiger partial charge in [0, 0.05) is 18.3 Å². The second-order valence-corrected chi connectivity index (χ2v) is 3.20. The lowest BCUT2D eigenvalue weighted by Gasteiger charge is -2.15.